The van der Waals surface area contributed by atoms with Crippen molar-refractivity contribution in [2.24, 2.45) is 14.9 Å². The Hall–Kier alpha value is -2.43. The standard InChI is InChI=1S/C21H27N5O4S/c1-21(11-27)10-26-19(30-12-21)17(9-23-26)31(22,29)25-20(28)24-18-15-6-2-4-13(15)8-14-5-3-7-16(14)18/h8-9,27H,2-7,10-12H2,1H3,(H3,22,24,25,28,29)/t21-,31-/m0/s1. The highest BCUT2D eigenvalue weighted by Crippen LogP contribution is 2.39. The molecule has 2 atom stereocenters. The Bertz CT molecular complexity index is 1160. The molecule has 31 heavy (non-hydrogen) atoms. The number of anilines is 1. The number of carbonyl (C=O) groups excluding carboxylic acids is 1. The van der Waals surface area contributed by atoms with Gasteiger partial charge in [0.2, 0.25) is 5.88 Å². The predicted octanol–water partition coefficient (Wildman–Crippen LogP) is 2.18. The first-order chi connectivity index (χ1) is 14.8. The monoisotopic (exact) mass is 445 g/mol. The Kier molecular flexibility index (Phi) is 4.83. The minimum absolute atomic E-state index is 0.0713. The molecule has 4 N–H and O–H groups in total. The number of benzene rings is 1. The maximum atomic E-state index is 13.2. The lowest BCUT2D eigenvalue weighted by molar-refractivity contribution is 0.0287. The van der Waals surface area contributed by atoms with E-state index in [4.69, 9.17) is 9.88 Å². The van der Waals surface area contributed by atoms with E-state index in [0.29, 0.717) is 6.54 Å². The number of urea groups is 1. The van der Waals surface area contributed by atoms with Crippen LogP contribution in [0.15, 0.2) is 21.5 Å². The second-order valence-electron chi connectivity index (χ2n) is 9.05. The van der Waals surface area contributed by atoms with E-state index in [2.05, 4.69) is 20.8 Å². The number of aliphatic hydroxyl groups excluding tert-OH is 1. The van der Waals surface area contributed by atoms with Crippen molar-refractivity contribution in [3.05, 3.63) is 34.5 Å². The lowest BCUT2D eigenvalue weighted by Gasteiger charge is -2.32. The summed E-state index contributed by atoms with van der Waals surface area (Å²) in [6.07, 6.45) is 7.34. The molecule has 2 aromatic rings. The third-order valence-corrected chi connectivity index (χ3v) is 7.82. The fraction of sp³-hybridized carbons (Fsp3) is 0.524. The molecule has 1 aliphatic heterocycles. The van der Waals surface area contributed by atoms with Crippen LogP contribution in [0.1, 0.15) is 42.0 Å². The van der Waals surface area contributed by atoms with E-state index in [-0.39, 0.29) is 24.0 Å². The van der Waals surface area contributed by atoms with Crippen LogP contribution in [0.2, 0.25) is 0 Å². The van der Waals surface area contributed by atoms with E-state index in [1.807, 2.05) is 6.92 Å². The summed E-state index contributed by atoms with van der Waals surface area (Å²) in [5.41, 5.74) is 5.25. The minimum atomic E-state index is -3.56. The number of rotatable bonds is 3. The van der Waals surface area contributed by atoms with Gasteiger partial charge in [-0.25, -0.2) is 18.8 Å². The summed E-state index contributed by atoms with van der Waals surface area (Å²) < 4.78 is 24.2. The van der Waals surface area contributed by atoms with Gasteiger partial charge in [0.25, 0.3) is 0 Å². The van der Waals surface area contributed by atoms with Crippen LogP contribution in [0.4, 0.5) is 10.5 Å². The van der Waals surface area contributed by atoms with Gasteiger partial charge in [0, 0.05) is 11.1 Å². The van der Waals surface area contributed by atoms with Crippen molar-refractivity contribution in [3.8, 4) is 5.88 Å². The summed E-state index contributed by atoms with van der Waals surface area (Å²) in [7, 11) is -3.56. The second kappa shape index (κ2) is 7.32. The lowest BCUT2D eigenvalue weighted by Crippen LogP contribution is -2.38. The molecule has 3 aliphatic rings. The molecule has 0 spiro atoms. The van der Waals surface area contributed by atoms with Crippen molar-refractivity contribution in [1.29, 1.82) is 0 Å². The van der Waals surface area contributed by atoms with Gasteiger partial charge < -0.3 is 15.2 Å². The maximum absolute atomic E-state index is 13.2. The molecule has 1 aromatic heterocycles. The zero-order valence-electron chi connectivity index (χ0n) is 17.5. The summed E-state index contributed by atoms with van der Waals surface area (Å²) >= 11 is 0. The van der Waals surface area contributed by atoms with Gasteiger partial charge in [-0.1, -0.05) is 13.0 Å². The highest BCUT2D eigenvalue weighted by atomic mass is 32.2. The number of hydrogen-bond donors (Lipinski definition) is 3. The number of aryl methyl sites for hydroxylation is 2. The summed E-state index contributed by atoms with van der Waals surface area (Å²) in [4.78, 5) is 12.9. The maximum Gasteiger partial charge on any atom is 0.354 e. The van der Waals surface area contributed by atoms with Gasteiger partial charge in [-0.05, 0) is 60.8 Å². The zero-order chi connectivity index (χ0) is 21.8. The number of hydrogen-bond acceptors (Lipinski definition) is 5. The molecule has 9 nitrogen and oxygen atoms in total. The summed E-state index contributed by atoms with van der Waals surface area (Å²) in [5.74, 6) is 0.233. The molecule has 0 unspecified atom stereocenters. The van der Waals surface area contributed by atoms with Crippen molar-refractivity contribution >= 4 is 21.6 Å². The van der Waals surface area contributed by atoms with Crippen molar-refractivity contribution < 1.29 is 18.8 Å². The highest BCUT2D eigenvalue weighted by Gasteiger charge is 2.35. The molecular formula is C21H27N5O4S. The number of ether oxygens (including phenoxy) is 1. The third-order valence-electron chi connectivity index (χ3n) is 6.47. The normalized spacial score (nSPS) is 23.3. The smallest absolute Gasteiger partial charge is 0.354 e. The molecule has 10 heteroatoms. The third kappa shape index (κ3) is 3.52. The summed E-state index contributed by atoms with van der Waals surface area (Å²) in [6, 6.07) is 1.55. The first-order valence-corrected chi connectivity index (χ1v) is 12.2. The molecule has 5 rings (SSSR count). The zero-order valence-corrected chi connectivity index (χ0v) is 18.3. The van der Waals surface area contributed by atoms with Gasteiger partial charge in [-0.2, -0.15) is 5.10 Å². The number of nitrogens with two attached hydrogens (primary N) is 1. The van der Waals surface area contributed by atoms with E-state index < -0.39 is 21.4 Å². The van der Waals surface area contributed by atoms with Gasteiger partial charge >= 0.3 is 6.03 Å². The largest absolute Gasteiger partial charge is 0.476 e. The van der Waals surface area contributed by atoms with Crippen LogP contribution in [0.5, 0.6) is 5.88 Å². The van der Waals surface area contributed by atoms with Crippen LogP contribution in [0, 0.1) is 5.41 Å². The van der Waals surface area contributed by atoms with E-state index in [1.165, 1.54) is 33.1 Å². The second-order valence-corrected chi connectivity index (χ2v) is 10.8. The first-order valence-electron chi connectivity index (χ1n) is 10.6. The van der Waals surface area contributed by atoms with Gasteiger partial charge in [0.1, 0.15) is 4.90 Å². The van der Waals surface area contributed by atoms with Crippen LogP contribution in [0.25, 0.3) is 0 Å². The SMILES string of the molecule is C[C@]1(CO)COc2c([S@@](N)(=O)=NC(=O)Nc3c4c(cc5c3CCC5)CCC4)cnn2C1. The highest BCUT2D eigenvalue weighted by molar-refractivity contribution is 7.91. The Balaban J connectivity index is 1.45. The van der Waals surface area contributed by atoms with Crippen LogP contribution >= 0.6 is 0 Å². The van der Waals surface area contributed by atoms with E-state index in [1.54, 1.807) is 0 Å². The fourth-order valence-electron chi connectivity index (χ4n) is 4.83. The number of nitrogens with one attached hydrogen (secondary N) is 1. The molecule has 0 saturated heterocycles. The van der Waals surface area contributed by atoms with Crippen LogP contribution in [-0.4, -0.2) is 38.3 Å². The number of carbonyl (C=O) groups is 1. The Morgan fingerprint density at radius 3 is 2.65 bits per heavy atom. The Morgan fingerprint density at radius 2 is 2.00 bits per heavy atom. The molecule has 0 saturated carbocycles. The Labute approximate surface area is 181 Å². The Morgan fingerprint density at radius 1 is 1.32 bits per heavy atom. The molecule has 1 aromatic carbocycles. The molecule has 2 heterocycles. The summed E-state index contributed by atoms with van der Waals surface area (Å²) in [5, 5.41) is 22.6. The van der Waals surface area contributed by atoms with E-state index in [0.717, 1.165) is 44.2 Å². The number of aliphatic hydroxyl groups is 1. The van der Waals surface area contributed by atoms with E-state index in [9.17, 15) is 14.1 Å². The van der Waals surface area contributed by atoms with Crippen molar-refractivity contribution in [3.63, 3.8) is 0 Å². The number of fused-ring (bicyclic) bond motifs is 3. The minimum Gasteiger partial charge on any atom is -0.476 e. The molecule has 0 fully saturated rings. The first kappa shape index (κ1) is 20.5. The van der Waals surface area contributed by atoms with Gasteiger partial charge in [0.05, 0.1) is 26.0 Å². The predicted molar refractivity (Wildman–Crippen MR) is 115 cm³/mol. The number of aromatic nitrogens is 2. The van der Waals surface area contributed by atoms with Crippen LogP contribution < -0.4 is 15.2 Å². The molecular weight excluding hydrogens is 418 g/mol. The lowest BCUT2D eigenvalue weighted by atomic mass is 9.92. The van der Waals surface area contributed by atoms with E-state index >= 15 is 0 Å². The molecule has 0 bridgehead atoms. The summed E-state index contributed by atoms with van der Waals surface area (Å²) in [6.45, 7) is 2.42. The topological polar surface area (TPSA) is 132 Å². The van der Waals surface area contributed by atoms with Crippen molar-refractivity contribution in [1.82, 2.24) is 9.78 Å². The number of amides is 2. The average Bonchev–Trinajstić information content (AvgIpc) is 3.46. The average molecular weight is 446 g/mol. The van der Waals surface area contributed by atoms with Gasteiger partial charge in [-0.3, -0.25) is 0 Å². The fourth-order valence-corrected chi connectivity index (χ4v) is 5.83. The molecule has 166 valence electrons. The van der Waals surface area contributed by atoms with Gasteiger partial charge in [0.15, 0.2) is 9.92 Å². The van der Waals surface area contributed by atoms with Crippen LogP contribution in [-0.2, 0) is 42.1 Å². The molecule has 2 aliphatic carbocycles. The quantitative estimate of drug-likeness (QED) is 0.666. The number of nitrogens with zero attached hydrogens (tertiary/aromatic N) is 3. The van der Waals surface area contributed by atoms with Crippen LogP contribution in [0.3, 0.4) is 0 Å². The van der Waals surface area contributed by atoms with Crippen molar-refractivity contribution in [2.75, 3.05) is 18.5 Å². The van der Waals surface area contributed by atoms with Crippen molar-refractivity contribution in [2.45, 2.75) is 56.9 Å². The molecule has 2 amide bonds. The molecule has 0 radical (unpaired) electrons. The van der Waals surface area contributed by atoms with Gasteiger partial charge in [-0.15, -0.1) is 4.36 Å².